The molecule has 2 unspecified atom stereocenters. The van der Waals surface area contributed by atoms with Gasteiger partial charge in [0.15, 0.2) is 11.5 Å². The summed E-state index contributed by atoms with van der Waals surface area (Å²) >= 11 is 0. The van der Waals surface area contributed by atoms with Gasteiger partial charge in [0.2, 0.25) is 0 Å². The fourth-order valence-corrected chi connectivity index (χ4v) is 5.33. The second-order valence-electron chi connectivity index (χ2n) is 9.52. The summed E-state index contributed by atoms with van der Waals surface area (Å²) in [5, 5.41) is 16.9. The van der Waals surface area contributed by atoms with Crippen molar-refractivity contribution in [2.24, 2.45) is 0 Å². The fraction of sp³-hybridized carbons (Fsp3) is 0.231. The topological polar surface area (TPSA) is 134 Å². The number of anilines is 3. The van der Waals surface area contributed by atoms with Crippen LogP contribution in [0.4, 0.5) is 22.1 Å². The third-order valence-electron chi connectivity index (χ3n) is 7.17. The maximum atomic E-state index is 11.5. The van der Waals surface area contributed by atoms with Crippen LogP contribution in [0.5, 0.6) is 11.5 Å². The number of pyridine rings is 2. The number of ether oxygens (including phenoxy) is 1. The highest BCUT2D eigenvalue weighted by molar-refractivity contribution is 5.88. The number of carbonyl (C=O) groups is 1. The van der Waals surface area contributed by atoms with Crippen molar-refractivity contribution < 1.29 is 14.6 Å². The molecule has 2 saturated heterocycles. The molecule has 4 aromatic heterocycles. The van der Waals surface area contributed by atoms with E-state index in [0.29, 0.717) is 35.8 Å². The highest BCUT2D eigenvalue weighted by atomic mass is 16.5. The van der Waals surface area contributed by atoms with E-state index < -0.39 is 6.09 Å². The number of nitrogens with zero attached hydrogens (tertiary/aromatic N) is 8. The Morgan fingerprint density at radius 1 is 1.05 bits per heavy atom. The number of aryl methyl sites for hydroxylation is 1. The summed E-state index contributed by atoms with van der Waals surface area (Å²) in [6.07, 6.45) is 4.79. The van der Waals surface area contributed by atoms with Gasteiger partial charge in [-0.25, -0.2) is 29.2 Å². The molecule has 0 spiro atoms. The van der Waals surface area contributed by atoms with Crippen LogP contribution in [-0.2, 0) is 0 Å². The lowest BCUT2D eigenvalue weighted by Gasteiger charge is -2.33. The number of nitrogens with one attached hydrogen (secondary N) is 1. The molecular formula is C26H23N9O3. The maximum absolute atomic E-state index is 11.5. The molecule has 2 N–H and O–H groups in total. The molecule has 2 aliphatic heterocycles. The van der Waals surface area contributed by atoms with Gasteiger partial charge in [0.1, 0.15) is 35.5 Å². The summed E-state index contributed by atoms with van der Waals surface area (Å²) in [5.41, 5.74) is 3.87. The highest BCUT2D eigenvalue weighted by Gasteiger charge is 2.45. The van der Waals surface area contributed by atoms with E-state index >= 15 is 0 Å². The van der Waals surface area contributed by atoms with Gasteiger partial charge < -0.3 is 25.0 Å². The summed E-state index contributed by atoms with van der Waals surface area (Å²) in [5.74, 6) is 2.80. The zero-order chi connectivity index (χ0) is 25.8. The minimum Gasteiger partial charge on any atom is -0.465 e. The zero-order valence-electron chi connectivity index (χ0n) is 20.4. The monoisotopic (exact) mass is 509 g/mol. The molecule has 190 valence electrons. The van der Waals surface area contributed by atoms with Crippen molar-refractivity contribution >= 4 is 40.1 Å². The van der Waals surface area contributed by atoms with Crippen molar-refractivity contribution in [3.63, 3.8) is 0 Å². The average Bonchev–Trinajstić information content (AvgIpc) is 3.66. The molecule has 6 heterocycles. The first-order chi connectivity index (χ1) is 18.5. The quantitative estimate of drug-likeness (QED) is 0.360. The number of hydrogen-bond donors (Lipinski definition) is 2. The Balaban J connectivity index is 1.13. The normalized spacial score (nSPS) is 18.4. The predicted molar refractivity (Wildman–Crippen MR) is 139 cm³/mol. The van der Waals surface area contributed by atoms with Gasteiger partial charge in [-0.15, -0.1) is 0 Å². The smallest absolute Gasteiger partial charge is 0.407 e. The molecule has 0 radical (unpaired) electrons. The van der Waals surface area contributed by atoms with E-state index in [-0.39, 0.29) is 12.1 Å². The Labute approximate surface area is 216 Å². The van der Waals surface area contributed by atoms with E-state index in [1.54, 1.807) is 10.7 Å². The molecule has 2 atom stereocenters. The third kappa shape index (κ3) is 3.77. The van der Waals surface area contributed by atoms with Crippen LogP contribution in [-0.4, -0.2) is 70.8 Å². The SMILES string of the molecule is Cc1cc(Nc2ncnc3ccc(N4CC5CC4CN5C(=O)O)nc23)ccc1Oc1ccn2ncnc2c1. The van der Waals surface area contributed by atoms with Crippen molar-refractivity contribution in [3.05, 3.63) is 66.9 Å². The Morgan fingerprint density at radius 2 is 1.97 bits per heavy atom. The minimum absolute atomic E-state index is 0.00149. The number of piperazine rings is 1. The summed E-state index contributed by atoms with van der Waals surface area (Å²) in [6, 6.07) is 13.5. The van der Waals surface area contributed by atoms with E-state index in [1.165, 1.54) is 17.6 Å². The third-order valence-corrected chi connectivity index (χ3v) is 7.17. The van der Waals surface area contributed by atoms with Gasteiger partial charge in [-0.3, -0.25) is 0 Å². The Morgan fingerprint density at radius 3 is 2.79 bits per heavy atom. The Kier molecular flexibility index (Phi) is 4.99. The Bertz CT molecular complexity index is 1700. The van der Waals surface area contributed by atoms with Crippen LogP contribution < -0.4 is 15.0 Å². The van der Waals surface area contributed by atoms with Crippen molar-refractivity contribution in [1.29, 1.82) is 0 Å². The fourth-order valence-electron chi connectivity index (χ4n) is 5.33. The number of likely N-dealkylation sites (tertiary alicyclic amines) is 1. The molecule has 2 aliphatic rings. The molecule has 5 aromatic rings. The molecular weight excluding hydrogens is 486 g/mol. The number of rotatable bonds is 5. The average molecular weight is 510 g/mol. The summed E-state index contributed by atoms with van der Waals surface area (Å²) < 4.78 is 7.77. The van der Waals surface area contributed by atoms with Crippen LogP contribution in [0.3, 0.4) is 0 Å². The molecule has 2 bridgehead atoms. The van der Waals surface area contributed by atoms with Gasteiger partial charge in [-0.1, -0.05) is 0 Å². The lowest BCUT2D eigenvalue weighted by atomic mass is 10.2. The van der Waals surface area contributed by atoms with Gasteiger partial charge in [0, 0.05) is 31.0 Å². The van der Waals surface area contributed by atoms with Crippen LogP contribution in [0.1, 0.15) is 12.0 Å². The maximum Gasteiger partial charge on any atom is 0.407 e. The summed E-state index contributed by atoms with van der Waals surface area (Å²) in [7, 11) is 0. The molecule has 7 rings (SSSR count). The van der Waals surface area contributed by atoms with E-state index in [1.807, 2.05) is 49.4 Å². The number of hydrogen-bond acceptors (Lipinski definition) is 9. The second-order valence-corrected chi connectivity index (χ2v) is 9.52. The Hall–Kier alpha value is -5.00. The lowest BCUT2D eigenvalue weighted by molar-refractivity contribution is 0.137. The van der Waals surface area contributed by atoms with Crippen LogP contribution in [0.2, 0.25) is 0 Å². The molecule has 1 amide bonds. The van der Waals surface area contributed by atoms with Gasteiger partial charge >= 0.3 is 6.09 Å². The van der Waals surface area contributed by atoms with Gasteiger partial charge in [0.25, 0.3) is 0 Å². The molecule has 0 aliphatic carbocycles. The van der Waals surface area contributed by atoms with Crippen molar-refractivity contribution in [1.82, 2.24) is 34.4 Å². The largest absolute Gasteiger partial charge is 0.465 e. The van der Waals surface area contributed by atoms with Gasteiger partial charge in [0.05, 0.1) is 17.6 Å². The second kappa shape index (κ2) is 8.54. The van der Waals surface area contributed by atoms with Crippen LogP contribution >= 0.6 is 0 Å². The molecule has 38 heavy (non-hydrogen) atoms. The minimum atomic E-state index is -0.855. The predicted octanol–water partition coefficient (Wildman–Crippen LogP) is 3.85. The number of carboxylic acid groups (broad SMARTS) is 1. The van der Waals surface area contributed by atoms with Gasteiger partial charge in [-0.05, 0) is 55.3 Å². The van der Waals surface area contributed by atoms with Crippen LogP contribution in [0.15, 0.2) is 61.3 Å². The molecule has 1 aromatic carbocycles. The van der Waals surface area contributed by atoms with Crippen molar-refractivity contribution in [2.75, 3.05) is 23.3 Å². The molecule has 0 saturated carbocycles. The standard InChI is InChI=1S/C26H23N9O3/c1-15-8-16(2-4-21(15)38-19-6-7-35-23(10-19)28-14-30-35)31-25-24-20(27-13-29-25)3-5-22(32-24)33-11-18-9-17(33)12-34(18)26(36)37/h2-8,10,13-14,17-18H,9,11-12H2,1H3,(H,36,37)(H,27,29,31). The van der Waals surface area contributed by atoms with E-state index in [2.05, 4.69) is 30.3 Å². The van der Waals surface area contributed by atoms with Crippen LogP contribution in [0.25, 0.3) is 16.7 Å². The highest BCUT2D eigenvalue weighted by Crippen LogP contribution is 2.35. The number of amides is 1. The van der Waals surface area contributed by atoms with E-state index in [4.69, 9.17) is 9.72 Å². The first-order valence-corrected chi connectivity index (χ1v) is 12.2. The summed E-state index contributed by atoms with van der Waals surface area (Å²) in [6.45, 7) is 3.11. The first kappa shape index (κ1) is 22.2. The van der Waals surface area contributed by atoms with Crippen molar-refractivity contribution in [3.8, 4) is 11.5 Å². The van der Waals surface area contributed by atoms with E-state index in [9.17, 15) is 9.90 Å². The van der Waals surface area contributed by atoms with Crippen molar-refractivity contribution in [2.45, 2.75) is 25.4 Å². The van der Waals surface area contributed by atoms with Gasteiger partial charge in [-0.2, -0.15) is 5.10 Å². The number of aromatic nitrogens is 6. The number of benzene rings is 1. The molecule has 2 fully saturated rings. The first-order valence-electron chi connectivity index (χ1n) is 12.2. The lowest BCUT2D eigenvalue weighted by Crippen LogP contribution is -2.48. The summed E-state index contributed by atoms with van der Waals surface area (Å²) in [4.78, 5) is 33.1. The number of fused-ring (bicyclic) bond motifs is 4. The zero-order valence-corrected chi connectivity index (χ0v) is 20.4. The molecule has 12 heteroatoms. The van der Waals surface area contributed by atoms with E-state index in [0.717, 1.165) is 34.8 Å². The van der Waals surface area contributed by atoms with Crippen LogP contribution in [0, 0.1) is 6.92 Å². The molecule has 12 nitrogen and oxygen atoms in total.